The Hall–Kier alpha value is -1.86. The number of anilines is 2. The van der Waals surface area contributed by atoms with Gasteiger partial charge in [-0.15, -0.1) is 0 Å². The van der Waals surface area contributed by atoms with E-state index in [-0.39, 0.29) is 6.61 Å². The molecule has 3 atom stereocenters. The van der Waals surface area contributed by atoms with E-state index in [0.29, 0.717) is 18.0 Å². The van der Waals surface area contributed by atoms with Crippen LogP contribution in [0.2, 0.25) is 0 Å². The third kappa shape index (κ3) is 4.51. The lowest BCUT2D eigenvalue weighted by atomic mass is 9.86. The van der Waals surface area contributed by atoms with E-state index in [9.17, 15) is 5.11 Å². The monoisotopic (exact) mass is 400 g/mol. The van der Waals surface area contributed by atoms with Crippen molar-refractivity contribution in [2.45, 2.75) is 76.8 Å². The van der Waals surface area contributed by atoms with Crippen molar-refractivity contribution in [3.63, 3.8) is 0 Å². The Kier molecular flexibility index (Phi) is 6.55. The Morgan fingerprint density at radius 3 is 2.93 bits per heavy atom. The minimum atomic E-state index is 0.226. The number of nitrogens with two attached hydrogens (primary N) is 1. The summed E-state index contributed by atoms with van der Waals surface area (Å²) in [6.07, 6.45) is 11.9. The van der Waals surface area contributed by atoms with Crippen LogP contribution >= 0.6 is 0 Å². The van der Waals surface area contributed by atoms with Crippen molar-refractivity contribution in [2.75, 3.05) is 29.9 Å². The Bertz CT molecular complexity index is 804. The van der Waals surface area contributed by atoms with Gasteiger partial charge in [-0.2, -0.15) is 9.61 Å². The van der Waals surface area contributed by atoms with Crippen LogP contribution in [0.25, 0.3) is 5.65 Å². The normalized spacial score (nSPS) is 25.5. The minimum Gasteiger partial charge on any atom is -0.396 e. The summed E-state index contributed by atoms with van der Waals surface area (Å²) >= 11 is 0. The van der Waals surface area contributed by atoms with E-state index >= 15 is 0 Å². The maximum Gasteiger partial charge on any atom is 0.162 e. The maximum atomic E-state index is 9.52. The molecule has 0 radical (unpaired) electrons. The Balaban J connectivity index is 1.62. The highest BCUT2D eigenvalue weighted by Gasteiger charge is 2.25. The first kappa shape index (κ1) is 20.4. The average molecular weight is 401 g/mol. The van der Waals surface area contributed by atoms with Crippen LogP contribution in [-0.2, 0) is 6.42 Å². The Labute approximate surface area is 173 Å². The lowest BCUT2D eigenvalue weighted by Gasteiger charge is -2.36. The van der Waals surface area contributed by atoms with Gasteiger partial charge in [0.2, 0.25) is 0 Å². The van der Waals surface area contributed by atoms with E-state index < -0.39 is 0 Å². The van der Waals surface area contributed by atoms with Gasteiger partial charge in [0.05, 0.1) is 6.20 Å². The second-order valence-corrected chi connectivity index (χ2v) is 8.79. The molecule has 0 amide bonds. The van der Waals surface area contributed by atoms with Crippen molar-refractivity contribution < 1.29 is 5.11 Å². The lowest BCUT2D eigenvalue weighted by Crippen LogP contribution is -2.40. The molecule has 1 aliphatic heterocycles. The zero-order valence-electron chi connectivity index (χ0n) is 17.7. The van der Waals surface area contributed by atoms with Crippen LogP contribution in [0.15, 0.2) is 12.3 Å². The van der Waals surface area contributed by atoms with Crippen LogP contribution in [-0.4, -0.2) is 51.5 Å². The van der Waals surface area contributed by atoms with Gasteiger partial charge in [0.15, 0.2) is 5.65 Å². The first-order valence-electron chi connectivity index (χ1n) is 11.4. The molecule has 2 fully saturated rings. The summed E-state index contributed by atoms with van der Waals surface area (Å²) in [5, 5.41) is 17.8. The van der Waals surface area contributed by atoms with Crippen molar-refractivity contribution >= 4 is 17.3 Å². The van der Waals surface area contributed by atoms with Crippen molar-refractivity contribution in [3.8, 4) is 0 Å². The molecule has 0 spiro atoms. The number of piperidine rings is 1. The predicted molar refractivity (Wildman–Crippen MR) is 117 cm³/mol. The summed E-state index contributed by atoms with van der Waals surface area (Å²) in [4.78, 5) is 7.41. The smallest absolute Gasteiger partial charge is 0.162 e. The van der Waals surface area contributed by atoms with Gasteiger partial charge in [-0.05, 0) is 57.3 Å². The highest BCUT2D eigenvalue weighted by Crippen LogP contribution is 2.29. The molecule has 0 bridgehead atoms. The van der Waals surface area contributed by atoms with Crippen LogP contribution in [0.1, 0.15) is 63.9 Å². The molecule has 7 heteroatoms. The number of hydrogen-bond donors (Lipinski definition) is 3. The fraction of sp³-hybridized carbons (Fsp3) is 0.727. The van der Waals surface area contributed by atoms with Crippen molar-refractivity contribution in [3.05, 3.63) is 17.8 Å². The largest absolute Gasteiger partial charge is 0.396 e. The van der Waals surface area contributed by atoms with E-state index in [4.69, 9.17) is 10.7 Å². The fourth-order valence-corrected chi connectivity index (χ4v) is 5.04. The van der Waals surface area contributed by atoms with Gasteiger partial charge in [0, 0.05) is 43.4 Å². The molecular weight excluding hydrogens is 364 g/mol. The molecule has 7 nitrogen and oxygen atoms in total. The highest BCUT2D eigenvalue weighted by molar-refractivity contribution is 5.61. The standard InChI is InChI=1S/C22H36N6O/c1-2-17-15-25-28-20(24-14-16-6-5-7-18(23)12-16)13-21(26-22(17)28)27-10-4-3-8-19(27)9-11-29/h13,15-16,18-19,24,29H,2-12,14,23H2,1H3/t16?,18?,19-/m0/s1. The molecular formula is C22H36N6O. The zero-order chi connectivity index (χ0) is 20.2. The Morgan fingerprint density at radius 2 is 2.14 bits per heavy atom. The van der Waals surface area contributed by atoms with Gasteiger partial charge < -0.3 is 21.1 Å². The van der Waals surface area contributed by atoms with E-state index in [1.807, 2.05) is 10.7 Å². The lowest BCUT2D eigenvalue weighted by molar-refractivity contribution is 0.262. The predicted octanol–water partition coefficient (Wildman–Crippen LogP) is 2.96. The number of nitrogens with one attached hydrogen (secondary N) is 1. The molecule has 2 unspecified atom stereocenters. The molecule has 4 rings (SSSR count). The number of aryl methyl sites for hydroxylation is 1. The van der Waals surface area contributed by atoms with Crippen molar-refractivity contribution in [2.24, 2.45) is 11.7 Å². The molecule has 160 valence electrons. The van der Waals surface area contributed by atoms with Gasteiger partial charge in [0.1, 0.15) is 11.6 Å². The van der Waals surface area contributed by atoms with Crippen LogP contribution in [0.4, 0.5) is 11.6 Å². The quantitative estimate of drug-likeness (QED) is 0.662. The minimum absolute atomic E-state index is 0.226. The third-order valence-electron chi connectivity index (χ3n) is 6.69. The molecule has 2 aromatic rings. The molecule has 1 saturated heterocycles. The van der Waals surface area contributed by atoms with Crippen molar-refractivity contribution in [1.29, 1.82) is 0 Å². The summed E-state index contributed by atoms with van der Waals surface area (Å²) in [5.74, 6) is 2.63. The van der Waals surface area contributed by atoms with Crippen LogP contribution < -0.4 is 16.0 Å². The van der Waals surface area contributed by atoms with Crippen LogP contribution in [0, 0.1) is 5.92 Å². The number of hydrogen-bond acceptors (Lipinski definition) is 6. The molecule has 1 saturated carbocycles. The summed E-state index contributed by atoms with van der Waals surface area (Å²) in [6, 6.07) is 2.85. The number of rotatable bonds is 7. The number of aliphatic hydroxyl groups is 1. The Morgan fingerprint density at radius 1 is 1.24 bits per heavy atom. The highest BCUT2D eigenvalue weighted by atomic mass is 16.3. The first-order valence-corrected chi connectivity index (χ1v) is 11.4. The third-order valence-corrected chi connectivity index (χ3v) is 6.69. The molecule has 2 aliphatic rings. The average Bonchev–Trinajstić information content (AvgIpc) is 3.16. The van der Waals surface area contributed by atoms with E-state index in [1.54, 1.807) is 0 Å². The van der Waals surface area contributed by atoms with E-state index in [2.05, 4.69) is 28.3 Å². The van der Waals surface area contributed by atoms with E-state index in [0.717, 1.165) is 62.5 Å². The van der Waals surface area contributed by atoms with Gasteiger partial charge in [-0.25, -0.2) is 4.98 Å². The molecule has 2 aromatic heterocycles. The second kappa shape index (κ2) is 9.30. The number of aromatic nitrogens is 3. The molecule has 3 heterocycles. The van der Waals surface area contributed by atoms with Gasteiger partial charge in [-0.3, -0.25) is 0 Å². The number of nitrogens with zero attached hydrogens (tertiary/aromatic N) is 4. The summed E-state index contributed by atoms with van der Waals surface area (Å²) in [5.41, 5.74) is 8.31. The van der Waals surface area contributed by atoms with Gasteiger partial charge >= 0.3 is 0 Å². The van der Waals surface area contributed by atoms with Gasteiger partial charge in [0.25, 0.3) is 0 Å². The molecule has 4 N–H and O–H groups in total. The fourth-order valence-electron chi connectivity index (χ4n) is 5.04. The number of aliphatic hydroxyl groups excluding tert-OH is 1. The number of fused-ring (bicyclic) bond motifs is 1. The second-order valence-electron chi connectivity index (χ2n) is 8.79. The van der Waals surface area contributed by atoms with E-state index in [1.165, 1.54) is 31.2 Å². The summed E-state index contributed by atoms with van der Waals surface area (Å²) in [7, 11) is 0. The molecule has 29 heavy (non-hydrogen) atoms. The first-order chi connectivity index (χ1) is 14.2. The van der Waals surface area contributed by atoms with Gasteiger partial charge in [-0.1, -0.05) is 13.3 Å². The van der Waals surface area contributed by atoms with Crippen LogP contribution in [0.5, 0.6) is 0 Å². The maximum absolute atomic E-state index is 9.52. The van der Waals surface area contributed by atoms with Crippen molar-refractivity contribution in [1.82, 2.24) is 14.6 Å². The topological polar surface area (TPSA) is 91.7 Å². The summed E-state index contributed by atoms with van der Waals surface area (Å²) < 4.78 is 1.95. The van der Waals surface area contributed by atoms with Crippen LogP contribution in [0.3, 0.4) is 0 Å². The SMILES string of the molecule is CCc1cnn2c(NCC3CCCC(N)C3)cc(N3CCCC[C@H]3CCO)nc12. The summed E-state index contributed by atoms with van der Waals surface area (Å²) in [6.45, 7) is 4.30. The zero-order valence-corrected chi connectivity index (χ0v) is 17.7. The molecule has 1 aliphatic carbocycles. The molecule has 0 aromatic carbocycles.